The zero-order valence-electron chi connectivity index (χ0n) is 11.2. The Morgan fingerprint density at radius 3 is 2.68 bits per heavy atom. The summed E-state index contributed by atoms with van der Waals surface area (Å²) in [4.78, 5) is 11.6. The van der Waals surface area contributed by atoms with Gasteiger partial charge >= 0.3 is 5.97 Å². The number of esters is 1. The Bertz CT molecular complexity index is 406. The first-order valence-electron chi connectivity index (χ1n) is 6.40. The van der Waals surface area contributed by atoms with Crippen molar-refractivity contribution in [3.8, 4) is 5.75 Å². The fraction of sp³-hybridized carbons (Fsp3) is 0.500. The van der Waals surface area contributed by atoms with E-state index in [9.17, 15) is 4.79 Å². The molecule has 5 nitrogen and oxygen atoms in total. The first kappa shape index (κ1) is 15.3. The molecule has 0 saturated carbocycles. The zero-order chi connectivity index (χ0) is 14.1. The van der Waals surface area contributed by atoms with E-state index in [1.165, 1.54) is 7.11 Å². The first-order chi connectivity index (χ1) is 9.19. The molecule has 0 aliphatic carbocycles. The normalized spacial score (nSPS) is 10.2. The molecule has 0 aliphatic heterocycles. The Morgan fingerprint density at radius 1 is 1.26 bits per heavy atom. The van der Waals surface area contributed by atoms with E-state index in [1.807, 2.05) is 0 Å². The van der Waals surface area contributed by atoms with Gasteiger partial charge in [0.1, 0.15) is 11.3 Å². The maximum atomic E-state index is 11.6. The zero-order valence-corrected chi connectivity index (χ0v) is 11.2. The number of hydrogen-bond donors (Lipinski definition) is 2. The van der Waals surface area contributed by atoms with Crippen LogP contribution in [0, 0.1) is 0 Å². The van der Waals surface area contributed by atoms with Gasteiger partial charge in [-0.3, -0.25) is 0 Å². The third kappa shape index (κ3) is 5.18. The molecule has 0 saturated heterocycles. The minimum Gasteiger partial charge on any atom is -0.493 e. The SMILES string of the molecule is COC(=O)c1cc(N)ccc1OCCCCCCO. The minimum atomic E-state index is -0.456. The van der Waals surface area contributed by atoms with E-state index in [0.717, 1.165) is 25.7 Å². The van der Waals surface area contributed by atoms with Crippen LogP contribution in [0.4, 0.5) is 5.69 Å². The quantitative estimate of drug-likeness (QED) is 0.427. The molecule has 0 atom stereocenters. The summed E-state index contributed by atoms with van der Waals surface area (Å²) in [7, 11) is 1.32. The minimum absolute atomic E-state index is 0.227. The number of carbonyl (C=O) groups excluding carboxylic acids is 1. The fourth-order valence-corrected chi connectivity index (χ4v) is 1.69. The summed E-state index contributed by atoms with van der Waals surface area (Å²) in [5, 5.41) is 8.66. The molecule has 0 amide bonds. The summed E-state index contributed by atoms with van der Waals surface area (Å²) in [6.07, 6.45) is 3.66. The van der Waals surface area contributed by atoms with E-state index >= 15 is 0 Å². The fourth-order valence-electron chi connectivity index (χ4n) is 1.69. The number of nitrogens with two attached hydrogens (primary N) is 1. The standard InChI is InChI=1S/C14H21NO4/c1-18-14(17)12-10-11(15)6-7-13(12)19-9-5-3-2-4-8-16/h6-7,10,16H,2-5,8-9,15H2,1H3. The highest BCUT2D eigenvalue weighted by molar-refractivity contribution is 5.93. The number of unbranched alkanes of at least 4 members (excludes halogenated alkanes) is 3. The van der Waals surface area contributed by atoms with Gasteiger partial charge in [0.15, 0.2) is 0 Å². The number of aliphatic hydroxyl groups is 1. The van der Waals surface area contributed by atoms with Gasteiger partial charge in [-0.1, -0.05) is 6.42 Å². The van der Waals surface area contributed by atoms with Crippen LogP contribution < -0.4 is 10.5 Å². The average molecular weight is 267 g/mol. The summed E-state index contributed by atoms with van der Waals surface area (Å²) in [6, 6.07) is 4.91. The number of rotatable bonds is 8. The molecule has 3 N–H and O–H groups in total. The van der Waals surface area contributed by atoms with Crippen molar-refractivity contribution in [3.05, 3.63) is 23.8 Å². The second-order valence-electron chi connectivity index (χ2n) is 4.23. The van der Waals surface area contributed by atoms with Crippen LogP contribution in [0.3, 0.4) is 0 Å². The van der Waals surface area contributed by atoms with Gasteiger partial charge < -0.3 is 20.3 Å². The Balaban J connectivity index is 2.50. The molecular weight excluding hydrogens is 246 g/mol. The maximum absolute atomic E-state index is 11.6. The molecule has 0 heterocycles. The van der Waals surface area contributed by atoms with Crippen molar-refractivity contribution in [2.45, 2.75) is 25.7 Å². The van der Waals surface area contributed by atoms with E-state index in [2.05, 4.69) is 4.74 Å². The number of benzene rings is 1. The van der Waals surface area contributed by atoms with Gasteiger partial charge in [0.2, 0.25) is 0 Å². The van der Waals surface area contributed by atoms with Crippen LogP contribution in [-0.2, 0) is 4.74 Å². The molecule has 0 aliphatic rings. The van der Waals surface area contributed by atoms with Gasteiger partial charge in [-0.05, 0) is 37.5 Å². The Morgan fingerprint density at radius 2 is 2.00 bits per heavy atom. The number of anilines is 1. The number of hydrogen-bond acceptors (Lipinski definition) is 5. The second-order valence-corrected chi connectivity index (χ2v) is 4.23. The van der Waals surface area contributed by atoms with Crippen LogP contribution in [0.25, 0.3) is 0 Å². The van der Waals surface area contributed by atoms with Crippen molar-refractivity contribution in [1.82, 2.24) is 0 Å². The number of ether oxygens (including phenoxy) is 2. The van der Waals surface area contributed by atoms with Gasteiger partial charge in [-0.2, -0.15) is 0 Å². The smallest absolute Gasteiger partial charge is 0.341 e. The predicted octanol–water partition coefficient (Wildman–Crippen LogP) is 1.99. The largest absolute Gasteiger partial charge is 0.493 e. The summed E-state index contributed by atoms with van der Waals surface area (Å²) < 4.78 is 10.3. The highest BCUT2D eigenvalue weighted by Gasteiger charge is 2.13. The van der Waals surface area contributed by atoms with E-state index in [1.54, 1.807) is 18.2 Å². The number of methoxy groups -OCH3 is 1. The predicted molar refractivity (Wildman–Crippen MR) is 73.2 cm³/mol. The molecule has 106 valence electrons. The number of nitrogen functional groups attached to an aromatic ring is 1. The van der Waals surface area contributed by atoms with E-state index in [0.29, 0.717) is 23.6 Å². The third-order valence-corrected chi connectivity index (χ3v) is 2.72. The lowest BCUT2D eigenvalue weighted by atomic mass is 10.1. The summed E-state index contributed by atoms with van der Waals surface area (Å²) in [6.45, 7) is 0.755. The van der Waals surface area contributed by atoms with E-state index in [-0.39, 0.29) is 6.61 Å². The molecule has 0 fully saturated rings. The molecular formula is C14H21NO4. The van der Waals surface area contributed by atoms with Gasteiger partial charge in [0.25, 0.3) is 0 Å². The van der Waals surface area contributed by atoms with Crippen LogP contribution in [-0.4, -0.2) is 31.4 Å². The lowest BCUT2D eigenvalue weighted by Crippen LogP contribution is -2.07. The van der Waals surface area contributed by atoms with Crippen molar-refractivity contribution in [1.29, 1.82) is 0 Å². The molecule has 0 aromatic heterocycles. The van der Waals surface area contributed by atoms with Crippen molar-refractivity contribution in [3.63, 3.8) is 0 Å². The highest BCUT2D eigenvalue weighted by Crippen LogP contribution is 2.22. The summed E-state index contributed by atoms with van der Waals surface area (Å²) >= 11 is 0. The van der Waals surface area contributed by atoms with Crippen LogP contribution >= 0.6 is 0 Å². The van der Waals surface area contributed by atoms with E-state index < -0.39 is 5.97 Å². The Hall–Kier alpha value is -1.75. The van der Waals surface area contributed by atoms with Crippen molar-refractivity contribution in [2.75, 3.05) is 26.1 Å². The highest BCUT2D eigenvalue weighted by atomic mass is 16.5. The summed E-state index contributed by atoms with van der Waals surface area (Å²) in [5.41, 5.74) is 6.48. The Labute approximate surface area is 113 Å². The van der Waals surface area contributed by atoms with Gasteiger partial charge in [-0.25, -0.2) is 4.79 Å². The molecule has 0 radical (unpaired) electrons. The molecule has 19 heavy (non-hydrogen) atoms. The van der Waals surface area contributed by atoms with Crippen LogP contribution in [0.15, 0.2) is 18.2 Å². The Kier molecular flexibility index (Phi) is 6.74. The summed E-state index contributed by atoms with van der Waals surface area (Å²) in [5.74, 6) is 0.0331. The topological polar surface area (TPSA) is 81.8 Å². The van der Waals surface area contributed by atoms with Crippen LogP contribution in [0.2, 0.25) is 0 Å². The van der Waals surface area contributed by atoms with Gasteiger partial charge in [-0.15, -0.1) is 0 Å². The van der Waals surface area contributed by atoms with Gasteiger partial charge in [0.05, 0.1) is 13.7 Å². The molecule has 1 aromatic rings. The molecule has 0 unspecified atom stereocenters. The van der Waals surface area contributed by atoms with Crippen molar-refractivity contribution < 1.29 is 19.4 Å². The van der Waals surface area contributed by atoms with E-state index in [4.69, 9.17) is 15.6 Å². The van der Waals surface area contributed by atoms with Crippen LogP contribution in [0.5, 0.6) is 5.75 Å². The lowest BCUT2D eigenvalue weighted by Gasteiger charge is -2.10. The first-order valence-corrected chi connectivity index (χ1v) is 6.40. The molecule has 1 rings (SSSR count). The molecule has 5 heteroatoms. The lowest BCUT2D eigenvalue weighted by molar-refractivity contribution is 0.0596. The maximum Gasteiger partial charge on any atom is 0.341 e. The van der Waals surface area contributed by atoms with Crippen molar-refractivity contribution >= 4 is 11.7 Å². The van der Waals surface area contributed by atoms with Crippen molar-refractivity contribution in [2.24, 2.45) is 0 Å². The average Bonchev–Trinajstić information content (AvgIpc) is 2.43. The molecule has 0 spiro atoms. The monoisotopic (exact) mass is 267 g/mol. The van der Waals surface area contributed by atoms with Gasteiger partial charge in [0, 0.05) is 12.3 Å². The van der Waals surface area contributed by atoms with Crippen LogP contribution in [0.1, 0.15) is 36.0 Å². The number of aliphatic hydroxyl groups excluding tert-OH is 1. The third-order valence-electron chi connectivity index (χ3n) is 2.72. The molecule has 0 bridgehead atoms. The second kappa shape index (κ2) is 8.37. The number of carbonyl (C=O) groups is 1. The molecule has 1 aromatic carbocycles.